The first-order valence-electron chi connectivity index (χ1n) is 6.07. The van der Waals surface area contributed by atoms with Gasteiger partial charge in [-0.25, -0.2) is 0 Å². The Balaban J connectivity index is 2.24. The first-order chi connectivity index (χ1) is 8.58. The van der Waals surface area contributed by atoms with E-state index in [1.807, 2.05) is 18.2 Å². The lowest BCUT2D eigenvalue weighted by Gasteiger charge is -2.23. The summed E-state index contributed by atoms with van der Waals surface area (Å²) < 4.78 is 0.913. The van der Waals surface area contributed by atoms with Crippen LogP contribution in [0, 0.1) is 0 Å². The highest BCUT2D eigenvalue weighted by Gasteiger charge is 2.17. The number of anilines is 1. The van der Waals surface area contributed by atoms with Crippen LogP contribution in [0.2, 0.25) is 0 Å². The van der Waals surface area contributed by atoms with Crippen molar-refractivity contribution in [2.45, 2.75) is 19.4 Å². The van der Waals surface area contributed by atoms with Crippen molar-refractivity contribution in [1.29, 1.82) is 0 Å². The second-order valence-corrected chi connectivity index (χ2v) is 5.37. The van der Waals surface area contributed by atoms with Crippen molar-refractivity contribution in [3.63, 3.8) is 0 Å². The van der Waals surface area contributed by atoms with E-state index in [0.29, 0.717) is 6.54 Å². The molecule has 2 rings (SSSR count). The normalized spacial score (nSPS) is 18.2. The van der Waals surface area contributed by atoms with Gasteiger partial charge in [0.2, 0.25) is 5.91 Å². The van der Waals surface area contributed by atoms with Crippen molar-refractivity contribution in [2.24, 2.45) is 0 Å². The summed E-state index contributed by atoms with van der Waals surface area (Å²) in [6.45, 7) is 3.71. The Morgan fingerprint density at radius 3 is 2.94 bits per heavy atom. The minimum absolute atomic E-state index is 0.0546. The van der Waals surface area contributed by atoms with Gasteiger partial charge < -0.3 is 15.3 Å². The summed E-state index contributed by atoms with van der Waals surface area (Å²) in [4.78, 5) is 13.6. The van der Waals surface area contributed by atoms with E-state index in [4.69, 9.17) is 0 Å². The molecule has 1 aromatic carbocycles. The van der Waals surface area contributed by atoms with E-state index in [2.05, 4.69) is 26.1 Å². The van der Waals surface area contributed by atoms with Gasteiger partial charge in [0.1, 0.15) is 0 Å². The number of carbonyl (C=O) groups excluding carboxylic acids is 1. The van der Waals surface area contributed by atoms with E-state index in [0.717, 1.165) is 35.2 Å². The fourth-order valence-electron chi connectivity index (χ4n) is 2.05. The molecule has 1 aliphatic heterocycles. The summed E-state index contributed by atoms with van der Waals surface area (Å²) in [5.41, 5.74) is 1.86. The Bertz CT molecular complexity index is 449. The van der Waals surface area contributed by atoms with Crippen LogP contribution in [-0.2, 0) is 4.79 Å². The zero-order chi connectivity index (χ0) is 13.1. The summed E-state index contributed by atoms with van der Waals surface area (Å²) in [6.07, 6.45) is 0.457. The van der Waals surface area contributed by atoms with Crippen molar-refractivity contribution < 1.29 is 9.90 Å². The first-order valence-corrected chi connectivity index (χ1v) is 6.86. The smallest absolute Gasteiger partial charge is 0.239 e. The fraction of sp³-hybridized carbons (Fsp3) is 0.462. The van der Waals surface area contributed by atoms with Crippen LogP contribution in [0.1, 0.15) is 25.0 Å². The van der Waals surface area contributed by atoms with E-state index >= 15 is 0 Å². The van der Waals surface area contributed by atoms with Crippen molar-refractivity contribution in [1.82, 2.24) is 5.32 Å². The largest absolute Gasteiger partial charge is 0.389 e. The molecule has 0 saturated carbocycles. The third-order valence-electron chi connectivity index (χ3n) is 3.06. The van der Waals surface area contributed by atoms with Crippen LogP contribution in [0.3, 0.4) is 0 Å². The van der Waals surface area contributed by atoms with Crippen LogP contribution < -0.4 is 10.2 Å². The maximum Gasteiger partial charge on any atom is 0.239 e. The van der Waals surface area contributed by atoms with E-state index in [9.17, 15) is 9.90 Å². The summed E-state index contributed by atoms with van der Waals surface area (Å²) in [5, 5.41) is 12.4. The average Bonchev–Trinajstić information content (AvgIpc) is 2.53. The van der Waals surface area contributed by atoms with Gasteiger partial charge in [0, 0.05) is 17.6 Å². The van der Waals surface area contributed by atoms with Gasteiger partial charge in [-0.2, -0.15) is 0 Å². The molecule has 1 aliphatic rings. The molecular formula is C13H17BrN2O2. The molecule has 0 aliphatic carbocycles. The predicted molar refractivity (Wildman–Crippen MR) is 74.6 cm³/mol. The zero-order valence-corrected chi connectivity index (χ0v) is 11.9. The molecule has 0 bridgehead atoms. The summed E-state index contributed by atoms with van der Waals surface area (Å²) in [5.74, 6) is 0.0546. The molecule has 1 aromatic rings. The quantitative estimate of drug-likeness (QED) is 0.876. The highest BCUT2D eigenvalue weighted by molar-refractivity contribution is 9.10. The standard InChI is InChI=1S/C13H17BrN2O2/c1-9(17)10-3-4-12(11(14)7-10)16-6-2-5-15-13(18)8-16/h3-4,7,9,17H,2,5-6,8H2,1H3,(H,15,18). The molecular weight excluding hydrogens is 296 g/mol. The van der Waals surface area contributed by atoms with E-state index in [1.54, 1.807) is 6.92 Å². The average molecular weight is 313 g/mol. The number of nitrogens with one attached hydrogen (secondary N) is 1. The Labute approximate surface area is 115 Å². The van der Waals surface area contributed by atoms with Gasteiger partial charge in [0.25, 0.3) is 0 Å². The predicted octanol–water partition coefficient (Wildman–Crippen LogP) is 1.83. The molecule has 2 N–H and O–H groups in total. The monoisotopic (exact) mass is 312 g/mol. The van der Waals surface area contributed by atoms with Gasteiger partial charge in [0.15, 0.2) is 0 Å². The Morgan fingerprint density at radius 2 is 2.28 bits per heavy atom. The lowest BCUT2D eigenvalue weighted by atomic mass is 10.1. The third-order valence-corrected chi connectivity index (χ3v) is 3.69. The molecule has 1 amide bonds. The number of halogens is 1. The van der Waals surface area contributed by atoms with Crippen LogP contribution >= 0.6 is 15.9 Å². The molecule has 1 fully saturated rings. The minimum Gasteiger partial charge on any atom is -0.389 e. The molecule has 1 saturated heterocycles. The highest BCUT2D eigenvalue weighted by atomic mass is 79.9. The van der Waals surface area contributed by atoms with Gasteiger partial charge >= 0.3 is 0 Å². The van der Waals surface area contributed by atoms with Crippen molar-refractivity contribution >= 4 is 27.5 Å². The second kappa shape index (κ2) is 5.71. The Morgan fingerprint density at radius 1 is 1.50 bits per heavy atom. The highest BCUT2D eigenvalue weighted by Crippen LogP contribution is 2.29. The molecule has 4 nitrogen and oxygen atoms in total. The molecule has 1 heterocycles. The SMILES string of the molecule is CC(O)c1ccc(N2CCCNC(=O)C2)c(Br)c1. The van der Waals surface area contributed by atoms with Crippen LogP contribution in [0.4, 0.5) is 5.69 Å². The number of amides is 1. The van der Waals surface area contributed by atoms with E-state index < -0.39 is 6.10 Å². The van der Waals surface area contributed by atoms with Crippen molar-refractivity contribution in [3.05, 3.63) is 28.2 Å². The van der Waals surface area contributed by atoms with Gasteiger partial charge in [-0.05, 0) is 47.0 Å². The molecule has 0 spiro atoms. The van der Waals surface area contributed by atoms with Gasteiger partial charge in [0.05, 0.1) is 18.3 Å². The summed E-state index contributed by atoms with van der Waals surface area (Å²) in [7, 11) is 0. The number of aliphatic hydroxyl groups excluding tert-OH is 1. The van der Waals surface area contributed by atoms with Gasteiger partial charge in [-0.3, -0.25) is 4.79 Å². The number of nitrogens with zero attached hydrogens (tertiary/aromatic N) is 1. The number of hydrogen-bond donors (Lipinski definition) is 2. The van der Waals surface area contributed by atoms with Gasteiger partial charge in [-0.1, -0.05) is 6.07 Å². The molecule has 1 unspecified atom stereocenters. The Hall–Kier alpha value is -1.07. The number of aliphatic hydroxyl groups is 1. The number of hydrogen-bond acceptors (Lipinski definition) is 3. The Kier molecular flexibility index (Phi) is 4.24. The molecule has 0 radical (unpaired) electrons. The van der Waals surface area contributed by atoms with Crippen molar-refractivity contribution in [3.8, 4) is 0 Å². The number of rotatable bonds is 2. The van der Waals surface area contributed by atoms with E-state index in [-0.39, 0.29) is 5.91 Å². The lowest BCUT2D eigenvalue weighted by molar-refractivity contribution is -0.119. The zero-order valence-electron chi connectivity index (χ0n) is 10.3. The minimum atomic E-state index is -0.484. The fourth-order valence-corrected chi connectivity index (χ4v) is 2.70. The molecule has 98 valence electrons. The maximum absolute atomic E-state index is 11.5. The van der Waals surface area contributed by atoms with Gasteiger partial charge in [-0.15, -0.1) is 0 Å². The van der Waals surface area contributed by atoms with Crippen LogP contribution in [-0.4, -0.2) is 30.6 Å². The maximum atomic E-state index is 11.5. The molecule has 18 heavy (non-hydrogen) atoms. The first kappa shape index (κ1) is 13.4. The second-order valence-electron chi connectivity index (χ2n) is 4.51. The van der Waals surface area contributed by atoms with Crippen LogP contribution in [0.5, 0.6) is 0 Å². The molecule has 0 aromatic heterocycles. The molecule has 1 atom stereocenters. The topological polar surface area (TPSA) is 52.6 Å². The summed E-state index contributed by atoms with van der Waals surface area (Å²) >= 11 is 3.51. The third kappa shape index (κ3) is 3.03. The summed E-state index contributed by atoms with van der Waals surface area (Å²) in [6, 6.07) is 5.75. The van der Waals surface area contributed by atoms with Crippen LogP contribution in [0.25, 0.3) is 0 Å². The number of carbonyl (C=O) groups is 1. The lowest BCUT2D eigenvalue weighted by Crippen LogP contribution is -2.33. The van der Waals surface area contributed by atoms with E-state index in [1.165, 1.54) is 0 Å². The molecule has 5 heteroatoms. The number of benzene rings is 1. The van der Waals surface area contributed by atoms with Crippen LogP contribution in [0.15, 0.2) is 22.7 Å². The van der Waals surface area contributed by atoms with Crippen molar-refractivity contribution in [2.75, 3.05) is 24.5 Å².